The summed E-state index contributed by atoms with van der Waals surface area (Å²) >= 11 is 0. The second-order valence-corrected chi connectivity index (χ2v) is 10.7. The number of nitrogens with zero attached hydrogens (tertiary/aromatic N) is 3. The summed E-state index contributed by atoms with van der Waals surface area (Å²) in [7, 11) is 1.57. The van der Waals surface area contributed by atoms with Gasteiger partial charge in [0, 0.05) is 31.3 Å². The van der Waals surface area contributed by atoms with Crippen molar-refractivity contribution in [2.75, 3.05) is 37.4 Å². The molecule has 5 rings (SSSR count). The number of piperidine rings is 1. The molecule has 0 aliphatic carbocycles. The zero-order valence-electron chi connectivity index (χ0n) is 22.7. The average molecular weight is 572 g/mol. The van der Waals surface area contributed by atoms with Gasteiger partial charge in [-0.1, -0.05) is 36.4 Å². The first kappa shape index (κ1) is 28.5. The third-order valence-corrected chi connectivity index (χ3v) is 8.00. The van der Waals surface area contributed by atoms with E-state index in [4.69, 9.17) is 15.2 Å². The van der Waals surface area contributed by atoms with Crippen molar-refractivity contribution >= 4 is 17.7 Å². The number of ether oxygens (including phenoxy) is 2. The van der Waals surface area contributed by atoms with Crippen LogP contribution in [-0.4, -0.2) is 60.0 Å². The van der Waals surface area contributed by atoms with Crippen molar-refractivity contribution in [1.29, 1.82) is 0 Å². The van der Waals surface area contributed by atoms with E-state index in [0.717, 1.165) is 16.7 Å². The number of aromatic nitrogens is 2. The number of aryl methyl sites for hydroxylation is 1. The standard InChI is InChI=1S/C29H32F3N5O4/c1-17-3-4-20(13-22(17)40-2)18-5-7-19(8-6-18)25(29(30,31)32)41-24-14-23(35-27(33)36-24)37-11-9-28(10-12-37)15-21(26(38)39)34-16-28/h3-8,13-14,21,25,34H,9-12,15-16H2,1-2H3,(H,38,39)(H2,33,35,36)/t21-,25+/m0/s1. The minimum atomic E-state index is -4.72. The van der Waals surface area contributed by atoms with Gasteiger partial charge in [0.2, 0.25) is 17.9 Å². The summed E-state index contributed by atoms with van der Waals surface area (Å²) in [6.07, 6.45) is -5.02. The van der Waals surface area contributed by atoms with E-state index in [9.17, 15) is 23.1 Å². The van der Waals surface area contributed by atoms with Gasteiger partial charge >= 0.3 is 12.1 Å². The smallest absolute Gasteiger partial charge is 0.429 e. The molecule has 4 N–H and O–H groups in total. The summed E-state index contributed by atoms with van der Waals surface area (Å²) in [5, 5.41) is 12.4. The van der Waals surface area contributed by atoms with Gasteiger partial charge in [-0.3, -0.25) is 4.79 Å². The molecule has 41 heavy (non-hydrogen) atoms. The van der Waals surface area contributed by atoms with Crippen molar-refractivity contribution < 1.29 is 32.5 Å². The van der Waals surface area contributed by atoms with Crippen molar-refractivity contribution in [2.45, 2.75) is 44.5 Å². The van der Waals surface area contributed by atoms with E-state index < -0.39 is 24.3 Å². The van der Waals surface area contributed by atoms with E-state index in [-0.39, 0.29) is 22.8 Å². The van der Waals surface area contributed by atoms with Crippen LogP contribution in [0.2, 0.25) is 0 Å². The van der Waals surface area contributed by atoms with Crippen molar-refractivity contribution in [2.24, 2.45) is 5.41 Å². The van der Waals surface area contributed by atoms with E-state index in [1.165, 1.54) is 18.2 Å². The van der Waals surface area contributed by atoms with Crippen LogP contribution in [0.5, 0.6) is 11.6 Å². The maximum absolute atomic E-state index is 14.2. The molecule has 2 saturated heterocycles. The Hall–Kier alpha value is -4.06. The lowest BCUT2D eigenvalue weighted by Crippen LogP contribution is -2.41. The quantitative estimate of drug-likeness (QED) is 0.368. The van der Waals surface area contributed by atoms with Crippen molar-refractivity contribution in [3.63, 3.8) is 0 Å². The summed E-state index contributed by atoms with van der Waals surface area (Å²) in [5.41, 5.74) is 8.16. The molecule has 3 heterocycles. The molecule has 0 saturated carbocycles. The van der Waals surface area contributed by atoms with E-state index in [2.05, 4.69) is 15.3 Å². The molecule has 2 atom stereocenters. The van der Waals surface area contributed by atoms with Gasteiger partial charge < -0.3 is 30.5 Å². The second kappa shape index (κ2) is 11.1. The molecule has 1 aromatic heterocycles. The van der Waals surface area contributed by atoms with Crippen LogP contribution in [0.25, 0.3) is 11.1 Å². The minimum absolute atomic E-state index is 0.0827. The fourth-order valence-corrected chi connectivity index (χ4v) is 5.63. The molecular formula is C29H32F3N5O4. The summed E-state index contributed by atoms with van der Waals surface area (Å²) in [4.78, 5) is 21.4. The van der Waals surface area contributed by atoms with Crippen LogP contribution in [0.4, 0.5) is 24.9 Å². The maximum atomic E-state index is 14.2. The minimum Gasteiger partial charge on any atom is -0.496 e. The predicted octanol–water partition coefficient (Wildman–Crippen LogP) is 4.76. The molecule has 9 nitrogen and oxygen atoms in total. The highest BCUT2D eigenvalue weighted by molar-refractivity contribution is 5.74. The summed E-state index contributed by atoms with van der Waals surface area (Å²) in [6.45, 7) is 3.63. The molecular weight excluding hydrogens is 539 g/mol. The van der Waals surface area contributed by atoms with Crippen LogP contribution >= 0.6 is 0 Å². The van der Waals surface area contributed by atoms with Gasteiger partial charge in [0.1, 0.15) is 17.6 Å². The van der Waals surface area contributed by atoms with Crippen LogP contribution in [0.15, 0.2) is 48.5 Å². The third kappa shape index (κ3) is 6.17. The molecule has 2 aliphatic rings. The van der Waals surface area contributed by atoms with E-state index in [1.54, 1.807) is 19.2 Å². The number of nitrogens with two attached hydrogens (primary N) is 1. The lowest BCUT2D eigenvalue weighted by molar-refractivity contribution is -0.198. The fourth-order valence-electron chi connectivity index (χ4n) is 5.63. The Morgan fingerprint density at radius 3 is 2.41 bits per heavy atom. The number of alkyl halides is 3. The number of benzene rings is 2. The highest BCUT2D eigenvalue weighted by Crippen LogP contribution is 2.41. The van der Waals surface area contributed by atoms with Gasteiger partial charge in [-0.25, -0.2) is 0 Å². The van der Waals surface area contributed by atoms with Crippen LogP contribution in [0.3, 0.4) is 0 Å². The maximum Gasteiger partial charge on any atom is 0.429 e. The van der Waals surface area contributed by atoms with Crippen molar-refractivity contribution in [3.8, 4) is 22.8 Å². The second-order valence-electron chi connectivity index (χ2n) is 10.7. The Morgan fingerprint density at radius 2 is 1.80 bits per heavy atom. The molecule has 0 amide bonds. The Balaban J connectivity index is 1.32. The van der Waals surface area contributed by atoms with Gasteiger partial charge in [-0.15, -0.1) is 0 Å². The molecule has 0 bridgehead atoms. The van der Waals surface area contributed by atoms with Crippen LogP contribution in [0.1, 0.15) is 36.5 Å². The van der Waals surface area contributed by atoms with Crippen LogP contribution in [-0.2, 0) is 4.79 Å². The number of aliphatic carboxylic acids is 1. The average Bonchev–Trinajstić information content (AvgIpc) is 3.35. The van der Waals surface area contributed by atoms with E-state index >= 15 is 0 Å². The first-order chi connectivity index (χ1) is 19.5. The Bertz CT molecular complexity index is 1410. The molecule has 12 heteroatoms. The first-order valence-electron chi connectivity index (χ1n) is 13.3. The van der Waals surface area contributed by atoms with Crippen molar-refractivity contribution in [1.82, 2.24) is 15.3 Å². The predicted molar refractivity (Wildman–Crippen MR) is 147 cm³/mol. The molecule has 1 spiro atoms. The molecule has 2 fully saturated rings. The first-order valence-corrected chi connectivity index (χ1v) is 13.3. The summed E-state index contributed by atoms with van der Waals surface area (Å²) in [6, 6.07) is 12.4. The summed E-state index contributed by atoms with van der Waals surface area (Å²) < 4.78 is 53.4. The number of hydrogen-bond donors (Lipinski definition) is 3. The van der Waals surface area contributed by atoms with E-state index in [0.29, 0.717) is 50.5 Å². The molecule has 2 aliphatic heterocycles. The van der Waals surface area contributed by atoms with Gasteiger partial charge in [-0.05, 0) is 54.4 Å². The number of anilines is 2. The number of halogens is 3. The number of hydrogen-bond acceptors (Lipinski definition) is 8. The van der Waals surface area contributed by atoms with Gasteiger partial charge in [0.15, 0.2) is 0 Å². The van der Waals surface area contributed by atoms with Crippen LogP contribution in [0, 0.1) is 12.3 Å². The monoisotopic (exact) mass is 571 g/mol. The highest BCUT2D eigenvalue weighted by atomic mass is 19.4. The van der Waals surface area contributed by atoms with Gasteiger partial charge in [0.25, 0.3) is 0 Å². The molecule has 3 aromatic rings. The molecule has 218 valence electrons. The molecule has 2 aromatic carbocycles. The SMILES string of the molecule is COc1cc(-c2ccc([C@@H](Oc3cc(N4CCC5(CC4)CN[C@H](C(=O)O)C5)nc(N)n3)C(F)(F)F)cc2)ccc1C. The topological polar surface area (TPSA) is 123 Å². The summed E-state index contributed by atoms with van der Waals surface area (Å²) in [5.74, 6) is -0.285. The van der Waals surface area contributed by atoms with Gasteiger partial charge in [-0.2, -0.15) is 23.1 Å². The Morgan fingerprint density at radius 1 is 1.12 bits per heavy atom. The van der Waals surface area contributed by atoms with E-state index in [1.807, 2.05) is 30.0 Å². The largest absolute Gasteiger partial charge is 0.496 e. The Labute approximate surface area is 235 Å². The number of rotatable bonds is 7. The number of carboxylic acids is 1. The lowest BCUT2D eigenvalue weighted by Gasteiger charge is -2.39. The normalized spacial score (nSPS) is 19.2. The fraction of sp³-hybridized carbons (Fsp3) is 0.414. The van der Waals surface area contributed by atoms with Crippen LogP contribution < -0.4 is 25.4 Å². The zero-order chi connectivity index (χ0) is 29.4. The third-order valence-electron chi connectivity index (χ3n) is 8.00. The number of methoxy groups -OCH3 is 1. The number of carbonyl (C=O) groups is 1. The molecule has 0 unspecified atom stereocenters. The Kier molecular flexibility index (Phi) is 7.69. The number of nitrogens with one attached hydrogen (secondary N) is 1. The number of carboxylic acid groups (broad SMARTS) is 1. The number of nitrogen functional groups attached to an aromatic ring is 1. The zero-order valence-corrected chi connectivity index (χ0v) is 22.7. The van der Waals surface area contributed by atoms with Crippen molar-refractivity contribution in [3.05, 3.63) is 59.7 Å². The molecule has 0 radical (unpaired) electrons. The lowest BCUT2D eigenvalue weighted by atomic mass is 9.76. The van der Waals surface area contributed by atoms with Gasteiger partial charge in [0.05, 0.1) is 7.11 Å². The highest BCUT2D eigenvalue weighted by Gasteiger charge is 2.45.